The molecule has 0 bridgehead atoms. The summed E-state index contributed by atoms with van der Waals surface area (Å²) in [5.41, 5.74) is 0.509. The Morgan fingerprint density at radius 3 is 1.87 bits per heavy atom. The number of ether oxygens (including phenoxy) is 6. The van der Waals surface area contributed by atoms with Crippen LogP contribution in [0.25, 0.3) is 0 Å². The zero-order chi connectivity index (χ0) is 33.5. The normalized spacial score (nSPS) is 27.8. The second-order valence-corrected chi connectivity index (χ2v) is 14.0. The fraction of sp³-hybridized carbons (Fsp3) is 0.529. The lowest BCUT2D eigenvalue weighted by molar-refractivity contribution is -0.321. The molecular weight excluding hydrogens is 728 g/mol. The third-order valence-electron chi connectivity index (χ3n) is 8.25. The maximum Gasteiger partial charge on any atom is 0.338 e. The van der Waals surface area contributed by atoms with E-state index in [1.54, 1.807) is 48.5 Å². The van der Waals surface area contributed by atoms with Crippen LogP contribution in [0.1, 0.15) is 74.6 Å². The molecule has 0 N–H and O–H groups in total. The third-order valence-corrected chi connectivity index (χ3v) is 9.30. The van der Waals surface area contributed by atoms with Crippen molar-refractivity contribution in [3.05, 3.63) is 68.6 Å². The SMILES string of the molecule is CC(=O)O[C@H]1[C@@H](OC(=O)c2ccc(Br)cc2)[C@@H](COC(=O)c2ccc(Br)cc2)O[C@@H](O[C@@H]2C[C@H](C)CC[C@H]2C(C)C)[C@@H]1OC(C)=O. The summed E-state index contributed by atoms with van der Waals surface area (Å²) in [5.74, 6) is -1.86. The largest absolute Gasteiger partial charge is 0.459 e. The first-order valence-corrected chi connectivity index (χ1v) is 17.0. The zero-order valence-electron chi connectivity index (χ0n) is 26.5. The van der Waals surface area contributed by atoms with Gasteiger partial charge in [0.2, 0.25) is 0 Å². The topological polar surface area (TPSA) is 124 Å². The summed E-state index contributed by atoms with van der Waals surface area (Å²) in [6, 6.07) is 13.1. The van der Waals surface area contributed by atoms with Crippen LogP contribution in [-0.2, 0) is 38.0 Å². The van der Waals surface area contributed by atoms with Gasteiger partial charge in [0.05, 0.1) is 17.2 Å². The first-order chi connectivity index (χ1) is 21.8. The molecular formula is C34H40Br2O10. The standard InChI is InChI=1S/C34H40Br2O10/c1-18(2)26-15-6-19(3)16-27(26)44-34-31(43-21(5)38)30(42-20(4)37)29(46-33(40)23-9-13-25(36)14-10-23)28(45-34)17-41-32(39)22-7-11-24(35)12-8-22/h7-14,18-19,26-31,34H,6,15-17H2,1-5H3/t19-,26+,27-,28-,29+,30+,31-,34-/m1/s1. The van der Waals surface area contributed by atoms with Crippen LogP contribution in [0.3, 0.4) is 0 Å². The highest BCUT2D eigenvalue weighted by atomic mass is 79.9. The Labute approximate surface area is 286 Å². The Balaban J connectivity index is 1.70. The van der Waals surface area contributed by atoms with Crippen molar-refractivity contribution in [2.75, 3.05) is 6.61 Å². The lowest BCUT2D eigenvalue weighted by Crippen LogP contribution is -2.63. The molecule has 0 unspecified atom stereocenters. The monoisotopic (exact) mass is 766 g/mol. The summed E-state index contributed by atoms with van der Waals surface area (Å²) in [4.78, 5) is 51.3. The lowest BCUT2D eigenvalue weighted by Gasteiger charge is -2.46. The molecule has 12 heteroatoms. The zero-order valence-corrected chi connectivity index (χ0v) is 29.7. The molecule has 1 saturated carbocycles. The van der Waals surface area contributed by atoms with Gasteiger partial charge in [0.25, 0.3) is 0 Å². The second-order valence-electron chi connectivity index (χ2n) is 12.2. The van der Waals surface area contributed by atoms with E-state index < -0.39 is 54.6 Å². The van der Waals surface area contributed by atoms with Gasteiger partial charge in [-0.15, -0.1) is 0 Å². The highest BCUT2D eigenvalue weighted by molar-refractivity contribution is 9.10. The van der Waals surface area contributed by atoms with Crippen LogP contribution in [0.15, 0.2) is 57.5 Å². The van der Waals surface area contributed by atoms with Crippen LogP contribution >= 0.6 is 31.9 Å². The molecule has 10 nitrogen and oxygen atoms in total. The molecule has 250 valence electrons. The van der Waals surface area contributed by atoms with Crippen molar-refractivity contribution in [1.82, 2.24) is 0 Å². The predicted molar refractivity (Wildman–Crippen MR) is 174 cm³/mol. The van der Waals surface area contributed by atoms with E-state index in [4.69, 9.17) is 28.4 Å². The minimum atomic E-state index is -1.34. The molecule has 1 aliphatic heterocycles. The molecule has 2 aromatic rings. The van der Waals surface area contributed by atoms with Gasteiger partial charge in [0, 0.05) is 22.8 Å². The number of hydrogen-bond donors (Lipinski definition) is 0. The molecule has 0 amide bonds. The summed E-state index contributed by atoms with van der Waals surface area (Å²) in [6.45, 7) is 8.45. The van der Waals surface area contributed by atoms with E-state index in [-0.39, 0.29) is 24.2 Å². The summed E-state index contributed by atoms with van der Waals surface area (Å²) in [7, 11) is 0. The molecule has 1 saturated heterocycles. The van der Waals surface area contributed by atoms with Crippen molar-refractivity contribution < 1.29 is 47.6 Å². The van der Waals surface area contributed by atoms with Gasteiger partial charge in [-0.25, -0.2) is 9.59 Å². The number of esters is 4. The summed E-state index contributed by atoms with van der Waals surface area (Å²) in [6.07, 6.45) is -3.84. The first kappa shape index (κ1) is 36.0. The maximum atomic E-state index is 13.4. The molecule has 0 spiro atoms. The molecule has 2 aliphatic rings. The molecule has 0 radical (unpaired) electrons. The Kier molecular flexibility index (Phi) is 12.8. The second kappa shape index (κ2) is 16.3. The molecule has 8 atom stereocenters. The van der Waals surface area contributed by atoms with E-state index in [1.165, 1.54) is 13.8 Å². The van der Waals surface area contributed by atoms with Crippen molar-refractivity contribution in [2.45, 2.75) is 90.7 Å². The Hall–Kier alpha value is -2.80. The molecule has 2 fully saturated rings. The summed E-state index contributed by atoms with van der Waals surface area (Å²) < 4.78 is 37.5. The van der Waals surface area contributed by atoms with Gasteiger partial charge in [-0.2, -0.15) is 0 Å². The maximum absolute atomic E-state index is 13.4. The lowest BCUT2D eigenvalue weighted by atomic mass is 9.75. The van der Waals surface area contributed by atoms with Crippen molar-refractivity contribution in [3.63, 3.8) is 0 Å². The van der Waals surface area contributed by atoms with Crippen LogP contribution in [0.5, 0.6) is 0 Å². The van der Waals surface area contributed by atoms with Crippen LogP contribution in [-0.4, -0.2) is 67.3 Å². The quantitative estimate of drug-likeness (QED) is 0.192. The van der Waals surface area contributed by atoms with Gasteiger partial charge in [-0.05, 0) is 79.1 Å². The Morgan fingerprint density at radius 1 is 0.783 bits per heavy atom. The van der Waals surface area contributed by atoms with Crippen LogP contribution in [0, 0.1) is 17.8 Å². The number of rotatable bonds is 10. The van der Waals surface area contributed by atoms with Gasteiger partial charge >= 0.3 is 23.9 Å². The van der Waals surface area contributed by atoms with Crippen LogP contribution in [0.4, 0.5) is 0 Å². The van der Waals surface area contributed by atoms with Gasteiger partial charge in [-0.3, -0.25) is 9.59 Å². The minimum Gasteiger partial charge on any atom is -0.459 e. The van der Waals surface area contributed by atoms with Crippen molar-refractivity contribution >= 4 is 55.7 Å². The smallest absolute Gasteiger partial charge is 0.338 e. The molecule has 1 heterocycles. The Morgan fingerprint density at radius 2 is 1.33 bits per heavy atom. The van der Waals surface area contributed by atoms with Gasteiger partial charge in [0.1, 0.15) is 12.7 Å². The van der Waals surface area contributed by atoms with Gasteiger partial charge in [0.15, 0.2) is 24.6 Å². The van der Waals surface area contributed by atoms with Crippen molar-refractivity contribution in [1.29, 1.82) is 0 Å². The van der Waals surface area contributed by atoms with Gasteiger partial charge in [-0.1, -0.05) is 59.1 Å². The number of carbonyl (C=O) groups excluding carboxylic acids is 4. The average molecular weight is 768 g/mol. The summed E-state index contributed by atoms with van der Waals surface area (Å²) >= 11 is 6.70. The number of hydrogen-bond acceptors (Lipinski definition) is 10. The molecule has 4 rings (SSSR count). The van der Waals surface area contributed by atoms with E-state index in [9.17, 15) is 19.2 Å². The van der Waals surface area contributed by atoms with E-state index in [1.807, 2.05) is 0 Å². The van der Waals surface area contributed by atoms with Gasteiger partial charge < -0.3 is 28.4 Å². The summed E-state index contributed by atoms with van der Waals surface area (Å²) in [5, 5.41) is 0. The van der Waals surface area contributed by atoms with Crippen molar-refractivity contribution in [3.8, 4) is 0 Å². The third kappa shape index (κ3) is 9.62. The van der Waals surface area contributed by atoms with E-state index in [0.717, 1.165) is 28.2 Å². The van der Waals surface area contributed by atoms with Crippen LogP contribution < -0.4 is 0 Å². The molecule has 46 heavy (non-hydrogen) atoms. The fourth-order valence-corrected chi connectivity index (χ4v) is 6.48. The minimum absolute atomic E-state index is 0.201. The number of carbonyl (C=O) groups is 4. The highest BCUT2D eigenvalue weighted by Crippen LogP contribution is 2.39. The highest BCUT2D eigenvalue weighted by Gasteiger charge is 2.54. The fourth-order valence-electron chi connectivity index (χ4n) is 5.96. The van der Waals surface area contributed by atoms with E-state index in [2.05, 4.69) is 52.6 Å². The molecule has 2 aromatic carbocycles. The van der Waals surface area contributed by atoms with E-state index >= 15 is 0 Å². The Bertz CT molecular complexity index is 1360. The first-order valence-electron chi connectivity index (χ1n) is 15.4. The van der Waals surface area contributed by atoms with Crippen molar-refractivity contribution in [2.24, 2.45) is 17.8 Å². The molecule has 1 aliphatic carbocycles. The van der Waals surface area contributed by atoms with E-state index in [0.29, 0.717) is 17.4 Å². The molecule has 0 aromatic heterocycles. The average Bonchev–Trinajstić information content (AvgIpc) is 2.99. The number of benzene rings is 2. The number of halogens is 2. The predicted octanol–water partition coefficient (Wildman–Crippen LogP) is 6.66. The van der Waals surface area contributed by atoms with Crippen LogP contribution in [0.2, 0.25) is 0 Å².